The number of hydrogen-bond donors (Lipinski definition) is 0. The number of benzene rings is 2. The predicted molar refractivity (Wildman–Crippen MR) is 87.2 cm³/mol. The van der Waals surface area contributed by atoms with Crippen molar-refractivity contribution in [1.29, 1.82) is 0 Å². The van der Waals surface area contributed by atoms with Crippen LogP contribution in [0.2, 0.25) is 0 Å². The van der Waals surface area contributed by atoms with Crippen LogP contribution < -0.4 is 4.74 Å². The second-order valence-electron chi connectivity index (χ2n) is 4.53. The van der Waals surface area contributed by atoms with Crippen LogP contribution in [0.1, 0.15) is 21.5 Å². The fraction of sp³-hybridized carbons (Fsp3) is 0.250. The van der Waals surface area contributed by atoms with Crippen LogP contribution in [-0.2, 0) is 6.42 Å². The molecular formula is C16H16Br2O. The molecule has 0 aliphatic rings. The van der Waals surface area contributed by atoms with Crippen LogP contribution in [0.15, 0.2) is 46.9 Å². The van der Waals surface area contributed by atoms with E-state index in [4.69, 9.17) is 4.74 Å². The van der Waals surface area contributed by atoms with Gasteiger partial charge in [0.15, 0.2) is 0 Å². The molecular weight excluding hydrogens is 368 g/mol. The molecule has 0 aromatic heterocycles. The summed E-state index contributed by atoms with van der Waals surface area (Å²) in [5.41, 5.74) is 3.83. The topological polar surface area (TPSA) is 9.23 Å². The molecule has 0 amide bonds. The van der Waals surface area contributed by atoms with E-state index in [0.717, 1.165) is 16.6 Å². The minimum Gasteiger partial charge on any atom is -0.497 e. The molecule has 0 fully saturated rings. The summed E-state index contributed by atoms with van der Waals surface area (Å²) in [7, 11) is 1.69. The Bertz CT molecular complexity index is 549. The van der Waals surface area contributed by atoms with Crippen molar-refractivity contribution in [1.82, 2.24) is 0 Å². The molecule has 2 aromatic carbocycles. The summed E-state index contributed by atoms with van der Waals surface area (Å²) in [6.07, 6.45) is 0.958. The maximum absolute atomic E-state index is 5.17. The minimum atomic E-state index is 0.317. The molecule has 0 aliphatic carbocycles. The first kappa shape index (κ1) is 14.6. The van der Waals surface area contributed by atoms with Crippen molar-refractivity contribution in [2.75, 3.05) is 7.11 Å². The highest BCUT2D eigenvalue weighted by atomic mass is 79.9. The van der Waals surface area contributed by atoms with Crippen molar-refractivity contribution in [2.24, 2.45) is 0 Å². The lowest BCUT2D eigenvalue weighted by Gasteiger charge is -2.12. The molecule has 0 radical (unpaired) electrons. The van der Waals surface area contributed by atoms with E-state index in [1.807, 2.05) is 12.1 Å². The van der Waals surface area contributed by atoms with E-state index >= 15 is 0 Å². The number of methoxy groups -OCH3 is 1. The molecule has 1 unspecified atom stereocenters. The van der Waals surface area contributed by atoms with E-state index in [1.54, 1.807) is 7.11 Å². The van der Waals surface area contributed by atoms with E-state index in [2.05, 4.69) is 69.1 Å². The SMILES string of the molecule is COc1ccc(CC(Br)c2ccc(C)c(Br)c2)cc1. The Labute approximate surface area is 131 Å². The average Bonchev–Trinajstić information content (AvgIpc) is 2.42. The Hall–Kier alpha value is -0.800. The lowest BCUT2D eigenvalue weighted by molar-refractivity contribution is 0.414. The van der Waals surface area contributed by atoms with E-state index in [9.17, 15) is 0 Å². The van der Waals surface area contributed by atoms with Gasteiger partial charge >= 0.3 is 0 Å². The highest BCUT2D eigenvalue weighted by Gasteiger charge is 2.10. The van der Waals surface area contributed by atoms with Gasteiger partial charge in [-0.3, -0.25) is 0 Å². The smallest absolute Gasteiger partial charge is 0.118 e. The molecule has 0 N–H and O–H groups in total. The van der Waals surface area contributed by atoms with Crippen LogP contribution in [0.4, 0.5) is 0 Å². The first-order chi connectivity index (χ1) is 9.10. The first-order valence-corrected chi connectivity index (χ1v) is 7.84. The van der Waals surface area contributed by atoms with Crippen LogP contribution in [0.3, 0.4) is 0 Å². The number of ether oxygens (including phenoxy) is 1. The van der Waals surface area contributed by atoms with E-state index < -0.39 is 0 Å². The van der Waals surface area contributed by atoms with Gasteiger partial charge in [0.25, 0.3) is 0 Å². The van der Waals surface area contributed by atoms with Crippen LogP contribution in [0, 0.1) is 6.92 Å². The largest absolute Gasteiger partial charge is 0.497 e. The highest BCUT2D eigenvalue weighted by Crippen LogP contribution is 2.30. The molecule has 3 heteroatoms. The van der Waals surface area contributed by atoms with Crippen LogP contribution in [0.25, 0.3) is 0 Å². The molecule has 0 bridgehead atoms. The van der Waals surface area contributed by atoms with E-state index in [0.29, 0.717) is 4.83 Å². The number of hydrogen-bond acceptors (Lipinski definition) is 1. The fourth-order valence-electron chi connectivity index (χ4n) is 1.89. The average molecular weight is 384 g/mol. The highest BCUT2D eigenvalue weighted by molar-refractivity contribution is 9.10. The zero-order valence-corrected chi connectivity index (χ0v) is 14.2. The molecule has 1 nitrogen and oxygen atoms in total. The third kappa shape index (κ3) is 3.83. The van der Waals surface area contributed by atoms with Crippen molar-refractivity contribution < 1.29 is 4.74 Å². The molecule has 0 aliphatic heterocycles. The molecule has 0 saturated heterocycles. The summed E-state index contributed by atoms with van der Waals surface area (Å²) in [6, 6.07) is 14.7. The van der Waals surface area contributed by atoms with Gasteiger partial charge in [-0.05, 0) is 48.2 Å². The lowest BCUT2D eigenvalue weighted by Crippen LogP contribution is -1.96. The zero-order chi connectivity index (χ0) is 13.8. The Balaban J connectivity index is 2.10. The standard InChI is InChI=1S/C16H16Br2O/c1-11-3-6-13(10-15(11)17)16(18)9-12-4-7-14(19-2)8-5-12/h3-8,10,16H,9H2,1-2H3. The zero-order valence-electron chi connectivity index (χ0n) is 11.0. The second kappa shape index (κ2) is 6.58. The Kier molecular flexibility index (Phi) is 5.06. The van der Waals surface area contributed by atoms with Gasteiger partial charge in [-0.25, -0.2) is 0 Å². The fourth-order valence-corrected chi connectivity index (χ4v) is 2.95. The monoisotopic (exact) mass is 382 g/mol. The first-order valence-electron chi connectivity index (χ1n) is 6.13. The number of aryl methyl sites for hydroxylation is 1. The maximum atomic E-state index is 5.17. The van der Waals surface area contributed by atoms with Gasteiger partial charge in [0.05, 0.1) is 7.11 Å². The minimum absolute atomic E-state index is 0.317. The summed E-state index contributed by atoms with van der Waals surface area (Å²) in [5, 5.41) is 0. The molecule has 2 aromatic rings. The van der Waals surface area contributed by atoms with Crippen LogP contribution >= 0.6 is 31.9 Å². The number of alkyl halides is 1. The maximum Gasteiger partial charge on any atom is 0.118 e. The molecule has 0 saturated carbocycles. The van der Waals surface area contributed by atoms with Crippen molar-refractivity contribution in [3.05, 3.63) is 63.6 Å². The van der Waals surface area contributed by atoms with Gasteiger partial charge in [-0.1, -0.05) is 56.1 Å². The van der Waals surface area contributed by atoms with Crippen molar-refractivity contribution in [2.45, 2.75) is 18.2 Å². The van der Waals surface area contributed by atoms with Crippen LogP contribution in [-0.4, -0.2) is 7.11 Å². The van der Waals surface area contributed by atoms with Crippen molar-refractivity contribution in [3.8, 4) is 5.75 Å². The van der Waals surface area contributed by atoms with Gasteiger partial charge in [-0.15, -0.1) is 0 Å². The van der Waals surface area contributed by atoms with Gasteiger partial charge in [0, 0.05) is 9.30 Å². The molecule has 100 valence electrons. The van der Waals surface area contributed by atoms with E-state index in [-0.39, 0.29) is 0 Å². The number of halogens is 2. The molecule has 1 atom stereocenters. The molecule has 0 heterocycles. The Morgan fingerprint density at radius 2 is 1.79 bits per heavy atom. The number of rotatable bonds is 4. The van der Waals surface area contributed by atoms with Gasteiger partial charge in [-0.2, -0.15) is 0 Å². The Morgan fingerprint density at radius 1 is 1.11 bits per heavy atom. The van der Waals surface area contributed by atoms with Crippen molar-refractivity contribution in [3.63, 3.8) is 0 Å². The summed E-state index contributed by atoms with van der Waals surface area (Å²) < 4.78 is 6.33. The van der Waals surface area contributed by atoms with Crippen LogP contribution in [0.5, 0.6) is 5.75 Å². The summed E-state index contributed by atoms with van der Waals surface area (Å²) in [6.45, 7) is 2.10. The summed E-state index contributed by atoms with van der Waals surface area (Å²) in [4.78, 5) is 0.317. The normalized spacial score (nSPS) is 12.2. The summed E-state index contributed by atoms with van der Waals surface area (Å²) >= 11 is 7.35. The lowest BCUT2D eigenvalue weighted by atomic mass is 10.0. The second-order valence-corrected chi connectivity index (χ2v) is 6.49. The predicted octanol–water partition coefficient (Wildman–Crippen LogP) is 5.44. The Morgan fingerprint density at radius 3 is 2.37 bits per heavy atom. The molecule has 0 spiro atoms. The molecule has 19 heavy (non-hydrogen) atoms. The van der Waals surface area contributed by atoms with Gasteiger partial charge in [0.1, 0.15) is 5.75 Å². The molecule has 2 rings (SSSR count). The van der Waals surface area contributed by atoms with E-state index in [1.165, 1.54) is 16.7 Å². The quantitative estimate of drug-likeness (QED) is 0.638. The van der Waals surface area contributed by atoms with Crippen molar-refractivity contribution >= 4 is 31.9 Å². The third-order valence-corrected chi connectivity index (χ3v) is 4.84. The third-order valence-electron chi connectivity index (χ3n) is 3.13. The van der Waals surface area contributed by atoms with Gasteiger partial charge < -0.3 is 4.74 Å². The summed E-state index contributed by atoms with van der Waals surface area (Å²) in [5.74, 6) is 0.896. The van der Waals surface area contributed by atoms with Gasteiger partial charge in [0.2, 0.25) is 0 Å².